The average molecular weight is 359 g/mol. The van der Waals surface area contributed by atoms with E-state index in [1.165, 1.54) is 0 Å². The number of carbonyl (C=O) groups is 2. The second-order valence-electron chi connectivity index (χ2n) is 7.50. The molecule has 1 aromatic carbocycles. The molecule has 2 aliphatic rings. The van der Waals surface area contributed by atoms with Gasteiger partial charge in [0.1, 0.15) is 0 Å². The molecule has 3 rings (SSSR count). The standard InChI is InChI=1S/C20H29N3O3/c1-15-5-3-4-6-18(15)21-20(25)22-9-7-16(8-10-22)12-23-13-17(14-26-2)11-19(23)24/h3-6,16-17H,7-14H2,1-2H3,(H,21,25). The van der Waals surface area contributed by atoms with Crippen molar-refractivity contribution >= 4 is 17.6 Å². The van der Waals surface area contributed by atoms with E-state index < -0.39 is 0 Å². The Hall–Kier alpha value is -2.08. The van der Waals surface area contributed by atoms with Crippen LogP contribution in [0.15, 0.2) is 24.3 Å². The van der Waals surface area contributed by atoms with Crippen LogP contribution < -0.4 is 5.32 Å². The monoisotopic (exact) mass is 359 g/mol. The molecule has 142 valence electrons. The number of para-hydroxylation sites is 1. The summed E-state index contributed by atoms with van der Waals surface area (Å²) in [5.74, 6) is 1.04. The Morgan fingerprint density at radius 1 is 1.23 bits per heavy atom. The summed E-state index contributed by atoms with van der Waals surface area (Å²) in [5, 5.41) is 3.00. The van der Waals surface area contributed by atoms with Crippen LogP contribution in [0.5, 0.6) is 0 Å². The van der Waals surface area contributed by atoms with Crippen molar-refractivity contribution in [1.82, 2.24) is 9.80 Å². The molecule has 0 aromatic heterocycles. The normalized spacial score (nSPS) is 21.3. The minimum absolute atomic E-state index is 0.0323. The fraction of sp³-hybridized carbons (Fsp3) is 0.600. The third kappa shape index (κ3) is 4.55. The molecule has 1 aromatic rings. The van der Waals surface area contributed by atoms with Crippen molar-refractivity contribution in [3.05, 3.63) is 29.8 Å². The molecule has 0 aliphatic carbocycles. The highest BCUT2D eigenvalue weighted by Gasteiger charge is 2.32. The van der Waals surface area contributed by atoms with Crippen LogP contribution in [0.25, 0.3) is 0 Å². The molecule has 0 radical (unpaired) electrons. The molecule has 6 nitrogen and oxygen atoms in total. The molecule has 2 saturated heterocycles. The topological polar surface area (TPSA) is 61.9 Å². The molecule has 1 N–H and O–H groups in total. The zero-order valence-electron chi connectivity index (χ0n) is 15.7. The van der Waals surface area contributed by atoms with Gasteiger partial charge in [0.15, 0.2) is 0 Å². The molecule has 0 spiro atoms. The van der Waals surface area contributed by atoms with Crippen molar-refractivity contribution in [1.29, 1.82) is 0 Å². The fourth-order valence-corrected chi connectivity index (χ4v) is 3.92. The van der Waals surface area contributed by atoms with E-state index >= 15 is 0 Å². The van der Waals surface area contributed by atoms with Gasteiger partial charge in [-0.05, 0) is 37.3 Å². The molecule has 6 heteroatoms. The maximum absolute atomic E-state index is 12.5. The van der Waals surface area contributed by atoms with Gasteiger partial charge in [0.2, 0.25) is 5.91 Å². The third-order valence-corrected chi connectivity index (χ3v) is 5.46. The minimum Gasteiger partial charge on any atom is -0.384 e. The van der Waals surface area contributed by atoms with Gasteiger partial charge in [-0.15, -0.1) is 0 Å². The summed E-state index contributed by atoms with van der Waals surface area (Å²) < 4.78 is 5.18. The van der Waals surface area contributed by atoms with Crippen LogP contribution in [0.1, 0.15) is 24.8 Å². The Labute approximate surface area is 155 Å². The lowest BCUT2D eigenvalue weighted by Crippen LogP contribution is -2.43. The van der Waals surface area contributed by atoms with Crippen molar-refractivity contribution in [3.8, 4) is 0 Å². The maximum Gasteiger partial charge on any atom is 0.321 e. The zero-order valence-corrected chi connectivity index (χ0v) is 15.7. The molecule has 2 fully saturated rings. The molecule has 3 amide bonds. The van der Waals surface area contributed by atoms with E-state index in [4.69, 9.17) is 4.74 Å². The maximum atomic E-state index is 12.5. The van der Waals surface area contributed by atoms with Crippen LogP contribution in [0.4, 0.5) is 10.5 Å². The van der Waals surface area contributed by atoms with E-state index in [1.807, 2.05) is 41.0 Å². The Kier molecular flexibility index (Phi) is 6.14. The average Bonchev–Trinajstić information content (AvgIpc) is 2.97. The van der Waals surface area contributed by atoms with Gasteiger partial charge in [-0.2, -0.15) is 0 Å². The van der Waals surface area contributed by atoms with Crippen LogP contribution in [0, 0.1) is 18.8 Å². The van der Waals surface area contributed by atoms with Crippen LogP contribution >= 0.6 is 0 Å². The molecule has 1 atom stereocenters. The van der Waals surface area contributed by atoms with Gasteiger partial charge in [0, 0.05) is 51.3 Å². The number of nitrogens with one attached hydrogen (secondary N) is 1. The quantitative estimate of drug-likeness (QED) is 0.879. The van der Waals surface area contributed by atoms with Crippen LogP contribution in [0.2, 0.25) is 0 Å². The van der Waals surface area contributed by atoms with Crippen molar-refractivity contribution < 1.29 is 14.3 Å². The van der Waals surface area contributed by atoms with Crippen molar-refractivity contribution in [2.45, 2.75) is 26.2 Å². The number of hydrogen-bond acceptors (Lipinski definition) is 3. The number of methoxy groups -OCH3 is 1. The van der Waals surface area contributed by atoms with E-state index in [0.29, 0.717) is 24.9 Å². The van der Waals surface area contributed by atoms with Gasteiger partial charge in [0.05, 0.1) is 6.61 Å². The summed E-state index contributed by atoms with van der Waals surface area (Å²) in [6.45, 7) is 5.75. The molecule has 0 saturated carbocycles. The Morgan fingerprint density at radius 2 is 1.96 bits per heavy atom. The predicted octanol–water partition coefficient (Wildman–Crippen LogP) is 2.73. The van der Waals surface area contributed by atoms with E-state index in [9.17, 15) is 9.59 Å². The molecule has 0 bridgehead atoms. The predicted molar refractivity (Wildman–Crippen MR) is 101 cm³/mol. The molecular weight excluding hydrogens is 330 g/mol. The van der Waals surface area contributed by atoms with Gasteiger partial charge < -0.3 is 19.9 Å². The number of aryl methyl sites for hydroxylation is 1. The minimum atomic E-state index is -0.0323. The SMILES string of the molecule is COCC1CC(=O)N(CC2CCN(C(=O)Nc3ccccc3C)CC2)C1. The number of anilines is 1. The first kappa shape index (κ1) is 18.7. The number of amides is 3. The first-order chi connectivity index (χ1) is 12.6. The second-order valence-corrected chi connectivity index (χ2v) is 7.50. The van der Waals surface area contributed by atoms with Crippen molar-refractivity contribution in [2.24, 2.45) is 11.8 Å². The highest BCUT2D eigenvalue weighted by molar-refractivity contribution is 5.90. The van der Waals surface area contributed by atoms with Crippen molar-refractivity contribution in [2.75, 3.05) is 45.2 Å². The van der Waals surface area contributed by atoms with E-state index in [1.54, 1.807) is 7.11 Å². The van der Waals surface area contributed by atoms with Crippen LogP contribution in [-0.2, 0) is 9.53 Å². The lowest BCUT2D eigenvalue weighted by atomic mass is 9.96. The van der Waals surface area contributed by atoms with E-state index in [0.717, 1.165) is 50.3 Å². The summed E-state index contributed by atoms with van der Waals surface area (Å²) in [5.41, 5.74) is 1.93. The van der Waals surface area contributed by atoms with Gasteiger partial charge in [-0.25, -0.2) is 4.79 Å². The van der Waals surface area contributed by atoms with Crippen LogP contribution in [0.3, 0.4) is 0 Å². The lowest BCUT2D eigenvalue weighted by Gasteiger charge is -2.34. The molecular formula is C20H29N3O3. The third-order valence-electron chi connectivity index (χ3n) is 5.46. The smallest absolute Gasteiger partial charge is 0.321 e. The summed E-state index contributed by atoms with van der Waals surface area (Å²) in [6.07, 6.45) is 2.49. The van der Waals surface area contributed by atoms with Gasteiger partial charge >= 0.3 is 6.03 Å². The molecule has 26 heavy (non-hydrogen) atoms. The number of hydrogen-bond donors (Lipinski definition) is 1. The first-order valence-electron chi connectivity index (χ1n) is 9.45. The summed E-state index contributed by atoms with van der Waals surface area (Å²) in [7, 11) is 1.69. The number of likely N-dealkylation sites (tertiary alicyclic amines) is 2. The fourth-order valence-electron chi connectivity index (χ4n) is 3.92. The molecule has 2 aliphatic heterocycles. The summed E-state index contributed by atoms with van der Waals surface area (Å²) in [4.78, 5) is 28.5. The molecule has 1 unspecified atom stereocenters. The molecule has 2 heterocycles. The van der Waals surface area contributed by atoms with E-state index in [2.05, 4.69) is 5.32 Å². The van der Waals surface area contributed by atoms with E-state index in [-0.39, 0.29) is 11.9 Å². The van der Waals surface area contributed by atoms with Gasteiger partial charge in [0.25, 0.3) is 0 Å². The second kappa shape index (κ2) is 8.54. The number of nitrogens with zero attached hydrogens (tertiary/aromatic N) is 2. The number of urea groups is 1. The van der Waals surface area contributed by atoms with Crippen LogP contribution in [-0.4, -0.2) is 61.6 Å². The highest BCUT2D eigenvalue weighted by Crippen LogP contribution is 2.24. The number of piperidine rings is 1. The number of ether oxygens (including phenoxy) is 1. The summed E-state index contributed by atoms with van der Waals surface area (Å²) >= 11 is 0. The Balaban J connectivity index is 1.45. The lowest BCUT2D eigenvalue weighted by molar-refractivity contribution is -0.128. The Bertz CT molecular complexity index is 641. The largest absolute Gasteiger partial charge is 0.384 e. The summed E-state index contributed by atoms with van der Waals surface area (Å²) in [6, 6.07) is 7.78. The number of rotatable bonds is 5. The highest BCUT2D eigenvalue weighted by atomic mass is 16.5. The van der Waals surface area contributed by atoms with Gasteiger partial charge in [-0.1, -0.05) is 18.2 Å². The zero-order chi connectivity index (χ0) is 18.5. The van der Waals surface area contributed by atoms with Gasteiger partial charge in [-0.3, -0.25) is 4.79 Å². The van der Waals surface area contributed by atoms with Crippen molar-refractivity contribution in [3.63, 3.8) is 0 Å². The Morgan fingerprint density at radius 3 is 2.65 bits per heavy atom. The number of benzene rings is 1. The first-order valence-corrected chi connectivity index (χ1v) is 9.45. The number of carbonyl (C=O) groups excluding carboxylic acids is 2.